The average Bonchev–Trinajstić information content (AvgIpc) is 2.09. The molecular formula is C8H16Cl2N4. The Morgan fingerprint density at radius 3 is 1.29 bits per heavy atom. The van der Waals surface area contributed by atoms with Gasteiger partial charge in [0.15, 0.2) is 0 Å². The number of halogens is 2. The SMILES string of the molecule is Cl.Cl.NNCc1ccc(CNN)cc1. The van der Waals surface area contributed by atoms with Gasteiger partial charge in [-0.05, 0) is 11.1 Å². The summed E-state index contributed by atoms with van der Waals surface area (Å²) in [6.45, 7) is 1.38. The van der Waals surface area contributed by atoms with Crippen molar-refractivity contribution < 1.29 is 0 Å². The molecule has 0 aliphatic heterocycles. The highest BCUT2D eigenvalue weighted by Gasteiger charge is 1.91. The fourth-order valence-electron chi connectivity index (χ4n) is 1.01. The summed E-state index contributed by atoms with van der Waals surface area (Å²) in [5.41, 5.74) is 7.52. The third-order valence-electron chi connectivity index (χ3n) is 1.64. The zero-order valence-corrected chi connectivity index (χ0v) is 9.33. The zero-order valence-electron chi connectivity index (χ0n) is 7.69. The summed E-state index contributed by atoms with van der Waals surface area (Å²) in [4.78, 5) is 0. The Morgan fingerprint density at radius 1 is 0.786 bits per heavy atom. The van der Waals surface area contributed by atoms with Gasteiger partial charge in [-0.25, -0.2) is 0 Å². The molecule has 0 spiro atoms. The minimum atomic E-state index is 0. The molecule has 0 saturated heterocycles. The Labute approximate surface area is 96.2 Å². The molecule has 6 N–H and O–H groups in total. The summed E-state index contributed by atoms with van der Waals surface area (Å²) < 4.78 is 0. The lowest BCUT2D eigenvalue weighted by molar-refractivity contribution is 0.731. The van der Waals surface area contributed by atoms with Gasteiger partial charge in [0.2, 0.25) is 0 Å². The maximum absolute atomic E-state index is 5.17. The molecule has 0 amide bonds. The third kappa shape index (κ3) is 5.39. The van der Waals surface area contributed by atoms with Crippen molar-refractivity contribution in [1.82, 2.24) is 10.9 Å². The van der Waals surface area contributed by atoms with Gasteiger partial charge in [0.25, 0.3) is 0 Å². The molecule has 1 aromatic carbocycles. The molecule has 82 valence electrons. The first-order valence-electron chi connectivity index (χ1n) is 3.81. The number of hydrazine groups is 2. The minimum Gasteiger partial charge on any atom is -0.271 e. The molecule has 0 saturated carbocycles. The van der Waals surface area contributed by atoms with Gasteiger partial charge < -0.3 is 0 Å². The van der Waals surface area contributed by atoms with Gasteiger partial charge in [0.1, 0.15) is 0 Å². The van der Waals surface area contributed by atoms with Crippen LogP contribution in [0.1, 0.15) is 11.1 Å². The van der Waals surface area contributed by atoms with E-state index in [0.29, 0.717) is 13.1 Å². The molecular weight excluding hydrogens is 223 g/mol. The molecule has 0 unspecified atom stereocenters. The summed E-state index contributed by atoms with van der Waals surface area (Å²) in [6.07, 6.45) is 0. The fraction of sp³-hybridized carbons (Fsp3) is 0.250. The van der Waals surface area contributed by atoms with Crippen LogP contribution in [0.15, 0.2) is 24.3 Å². The van der Waals surface area contributed by atoms with Crippen molar-refractivity contribution in [2.24, 2.45) is 11.7 Å². The Balaban J connectivity index is 0. The van der Waals surface area contributed by atoms with Crippen LogP contribution in [0, 0.1) is 0 Å². The van der Waals surface area contributed by atoms with E-state index >= 15 is 0 Å². The van der Waals surface area contributed by atoms with Crippen LogP contribution in [-0.4, -0.2) is 0 Å². The minimum absolute atomic E-state index is 0. The summed E-state index contributed by atoms with van der Waals surface area (Å²) >= 11 is 0. The number of nitrogens with one attached hydrogen (secondary N) is 2. The highest BCUT2D eigenvalue weighted by Crippen LogP contribution is 2.02. The van der Waals surface area contributed by atoms with Gasteiger partial charge in [0, 0.05) is 13.1 Å². The van der Waals surface area contributed by atoms with E-state index in [1.807, 2.05) is 24.3 Å². The first kappa shape index (κ1) is 16.1. The standard InChI is InChI=1S/C8H14N4.2ClH/c9-11-5-7-1-2-8(4-3-7)6-12-10;;/h1-4,11-12H,5-6,9-10H2;2*1H. The largest absolute Gasteiger partial charge is 0.271 e. The topological polar surface area (TPSA) is 76.1 Å². The number of benzene rings is 1. The van der Waals surface area contributed by atoms with E-state index in [4.69, 9.17) is 11.7 Å². The summed E-state index contributed by atoms with van der Waals surface area (Å²) in [5.74, 6) is 10.3. The molecule has 0 radical (unpaired) electrons. The van der Waals surface area contributed by atoms with Crippen LogP contribution >= 0.6 is 24.8 Å². The van der Waals surface area contributed by atoms with Crippen molar-refractivity contribution in [3.8, 4) is 0 Å². The average molecular weight is 239 g/mol. The summed E-state index contributed by atoms with van der Waals surface area (Å²) in [5, 5.41) is 0. The molecule has 6 heteroatoms. The maximum Gasteiger partial charge on any atom is 0.0348 e. The van der Waals surface area contributed by atoms with Crippen molar-refractivity contribution in [3.63, 3.8) is 0 Å². The van der Waals surface area contributed by atoms with Crippen molar-refractivity contribution in [1.29, 1.82) is 0 Å². The molecule has 0 atom stereocenters. The van der Waals surface area contributed by atoms with Crippen molar-refractivity contribution in [2.75, 3.05) is 0 Å². The fourth-order valence-corrected chi connectivity index (χ4v) is 1.01. The van der Waals surface area contributed by atoms with E-state index < -0.39 is 0 Å². The van der Waals surface area contributed by atoms with Gasteiger partial charge in [0.05, 0.1) is 0 Å². The van der Waals surface area contributed by atoms with E-state index in [2.05, 4.69) is 10.9 Å². The number of hydrogen-bond donors (Lipinski definition) is 4. The van der Waals surface area contributed by atoms with Gasteiger partial charge in [-0.2, -0.15) is 0 Å². The highest BCUT2D eigenvalue weighted by molar-refractivity contribution is 5.85. The smallest absolute Gasteiger partial charge is 0.0348 e. The summed E-state index contributed by atoms with van der Waals surface area (Å²) in [6, 6.07) is 8.08. The second kappa shape index (κ2) is 9.21. The molecule has 14 heavy (non-hydrogen) atoms. The highest BCUT2D eigenvalue weighted by atomic mass is 35.5. The quantitative estimate of drug-likeness (QED) is 0.454. The van der Waals surface area contributed by atoms with Crippen LogP contribution in [-0.2, 0) is 13.1 Å². The first-order valence-corrected chi connectivity index (χ1v) is 3.81. The first-order chi connectivity index (χ1) is 5.86. The summed E-state index contributed by atoms with van der Waals surface area (Å²) in [7, 11) is 0. The van der Waals surface area contributed by atoms with Gasteiger partial charge in [-0.3, -0.25) is 22.5 Å². The van der Waals surface area contributed by atoms with Crippen molar-refractivity contribution in [3.05, 3.63) is 35.4 Å². The zero-order chi connectivity index (χ0) is 8.81. The van der Waals surface area contributed by atoms with Crippen molar-refractivity contribution >= 4 is 24.8 Å². The predicted octanol–water partition coefficient (Wildman–Crippen LogP) is 0.457. The molecule has 0 aliphatic carbocycles. The predicted molar refractivity (Wildman–Crippen MR) is 63.0 cm³/mol. The molecule has 0 bridgehead atoms. The number of hydrogen-bond acceptors (Lipinski definition) is 4. The molecule has 0 aromatic heterocycles. The normalized spacial score (nSPS) is 8.71. The van der Waals surface area contributed by atoms with Gasteiger partial charge in [-0.1, -0.05) is 24.3 Å². The Bertz CT molecular complexity index is 202. The lowest BCUT2D eigenvalue weighted by atomic mass is 10.1. The van der Waals surface area contributed by atoms with E-state index in [1.54, 1.807) is 0 Å². The lowest BCUT2D eigenvalue weighted by Crippen LogP contribution is -2.21. The van der Waals surface area contributed by atoms with Crippen LogP contribution in [0.3, 0.4) is 0 Å². The van der Waals surface area contributed by atoms with Crippen LogP contribution in [0.25, 0.3) is 0 Å². The molecule has 0 fully saturated rings. The Hall–Kier alpha value is -0.360. The van der Waals surface area contributed by atoms with E-state index in [1.165, 1.54) is 11.1 Å². The Kier molecular flexibility index (Phi) is 10.6. The number of nitrogens with two attached hydrogens (primary N) is 2. The lowest BCUT2D eigenvalue weighted by Gasteiger charge is -2.02. The van der Waals surface area contributed by atoms with E-state index in [-0.39, 0.29) is 24.8 Å². The van der Waals surface area contributed by atoms with Gasteiger partial charge in [-0.15, -0.1) is 24.8 Å². The third-order valence-corrected chi connectivity index (χ3v) is 1.64. The van der Waals surface area contributed by atoms with Gasteiger partial charge >= 0.3 is 0 Å². The maximum atomic E-state index is 5.17. The second-order valence-electron chi connectivity index (χ2n) is 2.58. The molecule has 1 rings (SSSR count). The van der Waals surface area contributed by atoms with Crippen LogP contribution in [0.5, 0.6) is 0 Å². The van der Waals surface area contributed by atoms with Crippen LogP contribution in [0.2, 0.25) is 0 Å². The second-order valence-corrected chi connectivity index (χ2v) is 2.58. The molecule has 1 aromatic rings. The van der Waals surface area contributed by atoms with E-state index in [9.17, 15) is 0 Å². The van der Waals surface area contributed by atoms with Crippen LogP contribution < -0.4 is 22.5 Å². The molecule has 0 aliphatic rings. The number of rotatable bonds is 4. The molecule has 0 heterocycles. The monoisotopic (exact) mass is 238 g/mol. The van der Waals surface area contributed by atoms with Crippen molar-refractivity contribution in [2.45, 2.75) is 13.1 Å². The Morgan fingerprint density at radius 2 is 1.07 bits per heavy atom. The van der Waals surface area contributed by atoms with Crippen LogP contribution in [0.4, 0.5) is 0 Å². The van der Waals surface area contributed by atoms with E-state index in [0.717, 1.165) is 0 Å². The molecule has 4 nitrogen and oxygen atoms in total.